The van der Waals surface area contributed by atoms with E-state index in [9.17, 15) is 5.26 Å². The molecule has 0 N–H and O–H groups in total. The van der Waals surface area contributed by atoms with Gasteiger partial charge in [0.15, 0.2) is 20.2 Å². The van der Waals surface area contributed by atoms with Crippen LogP contribution in [-0.2, 0) is 13.9 Å². The Balaban J connectivity index is 5.06. The average Bonchev–Trinajstić information content (AvgIpc) is 2.12. The highest BCUT2D eigenvalue weighted by atomic mass is 28.4. The molecule has 0 aromatic rings. The Hall–Kier alpha value is -0.413. The lowest BCUT2D eigenvalue weighted by Gasteiger charge is -2.37. The van der Waals surface area contributed by atoms with Crippen LogP contribution in [0.15, 0.2) is 0 Å². The van der Waals surface area contributed by atoms with Gasteiger partial charge in [-0.15, -0.1) is 0 Å². The first-order valence-corrected chi connectivity index (χ1v) is 9.83. The maximum Gasteiger partial charge on any atom is 0.199 e. The quantitative estimate of drug-likeness (QED) is 0.527. The van der Waals surface area contributed by atoms with Crippen molar-refractivity contribution in [2.75, 3.05) is 0 Å². The smallest absolute Gasteiger partial charge is 0.199 e. The second-order valence-corrected chi connectivity index (χ2v) is 10.6. The molecule has 0 heterocycles. The lowest BCUT2D eigenvalue weighted by Crippen LogP contribution is -2.51. The van der Waals surface area contributed by atoms with Crippen molar-refractivity contribution in [2.45, 2.75) is 78.4 Å². The fourth-order valence-electron chi connectivity index (χ4n) is 1.55. The zero-order valence-corrected chi connectivity index (χ0v) is 13.9. The number of hydrogen-bond donors (Lipinski definition) is 0. The van der Waals surface area contributed by atoms with Gasteiger partial charge in [0, 0.05) is 0 Å². The molecular formula is C13H27NO3Si. The first-order chi connectivity index (χ1) is 8.00. The van der Waals surface area contributed by atoms with Crippen molar-refractivity contribution in [1.29, 1.82) is 5.26 Å². The van der Waals surface area contributed by atoms with E-state index in [2.05, 4.69) is 6.07 Å². The lowest BCUT2D eigenvalue weighted by atomic mass is 10.1. The standard InChI is InChI=1S/C13H27NO3Si/c1-10(2)15-12(16-11(3)4)13(5,9-14)17-18(6,7)8/h10-12H,1-8H3. The number of hydrogen-bond acceptors (Lipinski definition) is 4. The van der Waals surface area contributed by atoms with Crippen LogP contribution in [0.2, 0.25) is 19.6 Å². The summed E-state index contributed by atoms with van der Waals surface area (Å²) in [6.07, 6.45) is -0.715. The van der Waals surface area contributed by atoms with Gasteiger partial charge in [-0.25, -0.2) is 0 Å². The third-order valence-corrected chi connectivity index (χ3v) is 3.02. The summed E-state index contributed by atoms with van der Waals surface area (Å²) in [4.78, 5) is 0. The van der Waals surface area contributed by atoms with Gasteiger partial charge in [0.25, 0.3) is 0 Å². The molecule has 0 aromatic carbocycles. The van der Waals surface area contributed by atoms with E-state index in [1.807, 2.05) is 47.3 Å². The Morgan fingerprint density at radius 2 is 1.39 bits per heavy atom. The number of rotatable bonds is 7. The number of nitriles is 1. The summed E-state index contributed by atoms with van der Waals surface area (Å²) in [6.45, 7) is 15.6. The van der Waals surface area contributed by atoms with Crippen LogP contribution in [0.25, 0.3) is 0 Å². The number of nitrogens with zero attached hydrogens (tertiary/aromatic N) is 1. The van der Waals surface area contributed by atoms with Crippen LogP contribution in [0.5, 0.6) is 0 Å². The van der Waals surface area contributed by atoms with E-state index in [0.717, 1.165) is 0 Å². The maximum absolute atomic E-state index is 9.43. The Labute approximate surface area is 112 Å². The molecule has 1 atom stereocenters. The van der Waals surface area contributed by atoms with E-state index in [1.54, 1.807) is 6.92 Å². The van der Waals surface area contributed by atoms with Crippen LogP contribution in [-0.4, -0.2) is 32.4 Å². The van der Waals surface area contributed by atoms with E-state index >= 15 is 0 Å². The topological polar surface area (TPSA) is 51.5 Å². The first-order valence-electron chi connectivity index (χ1n) is 6.42. The van der Waals surface area contributed by atoms with E-state index in [4.69, 9.17) is 13.9 Å². The van der Waals surface area contributed by atoms with Gasteiger partial charge in [-0.3, -0.25) is 0 Å². The predicted molar refractivity (Wildman–Crippen MR) is 74.7 cm³/mol. The van der Waals surface area contributed by atoms with E-state index in [0.29, 0.717) is 0 Å². The van der Waals surface area contributed by atoms with Crippen LogP contribution < -0.4 is 0 Å². The van der Waals surface area contributed by atoms with Gasteiger partial charge in [-0.2, -0.15) is 5.26 Å². The first kappa shape index (κ1) is 17.6. The molecule has 0 rings (SSSR count). The summed E-state index contributed by atoms with van der Waals surface area (Å²) in [5, 5.41) is 9.43. The van der Waals surface area contributed by atoms with Gasteiger partial charge in [0.1, 0.15) is 6.07 Å². The Kier molecular flexibility index (Phi) is 6.51. The molecule has 18 heavy (non-hydrogen) atoms. The zero-order chi connectivity index (χ0) is 14.6. The molecule has 5 heteroatoms. The van der Waals surface area contributed by atoms with Crippen molar-refractivity contribution >= 4 is 8.32 Å². The molecule has 0 amide bonds. The fraction of sp³-hybridized carbons (Fsp3) is 0.923. The highest BCUT2D eigenvalue weighted by Gasteiger charge is 2.42. The van der Waals surface area contributed by atoms with Crippen molar-refractivity contribution in [3.05, 3.63) is 0 Å². The summed E-state index contributed by atoms with van der Waals surface area (Å²) in [5.74, 6) is 0. The third kappa shape index (κ3) is 6.50. The Morgan fingerprint density at radius 1 is 1.00 bits per heavy atom. The van der Waals surface area contributed by atoms with Crippen LogP contribution in [0.4, 0.5) is 0 Å². The predicted octanol–water partition coefficient (Wildman–Crippen LogP) is 3.30. The molecular weight excluding hydrogens is 246 g/mol. The third-order valence-electron chi connectivity index (χ3n) is 1.98. The minimum Gasteiger partial charge on any atom is -0.396 e. The van der Waals surface area contributed by atoms with E-state index in [1.165, 1.54) is 0 Å². The highest BCUT2D eigenvalue weighted by Crippen LogP contribution is 2.26. The van der Waals surface area contributed by atoms with Crippen LogP contribution in [0.3, 0.4) is 0 Å². The molecule has 106 valence electrons. The molecule has 0 spiro atoms. The van der Waals surface area contributed by atoms with Gasteiger partial charge >= 0.3 is 0 Å². The molecule has 0 saturated carbocycles. The van der Waals surface area contributed by atoms with Gasteiger partial charge in [0.2, 0.25) is 0 Å². The van der Waals surface area contributed by atoms with Gasteiger partial charge < -0.3 is 13.9 Å². The molecule has 1 unspecified atom stereocenters. The molecule has 0 aliphatic heterocycles. The fourth-order valence-corrected chi connectivity index (χ4v) is 2.96. The van der Waals surface area contributed by atoms with Gasteiger partial charge in [0.05, 0.1) is 12.2 Å². The second kappa shape index (κ2) is 6.67. The lowest BCUT2D eigenvalue weighted by molar-refractivity contribution is -0.236. The highest BCUT2D eigenvalue weighted by molar-refractivity contribution is 6.69. The molecule has 0 aliphatic carbocycles. The summed E-state index contributed by atoms with van der Waals surface area (Å²) in [5.41, 5.74) is -1.07. The van der Waals surface area contributed by atoms with Crippen LogP contribution >= 0.6 is 0 Å². The molecule has 0 saturated heterocycles. The molecule has 0 radical (unpaired) electrons. The largest absolute Gasteiger partial charge is 0.396 e. The van der Waals surface area contributed by atoms with Gasteiger partial charge in [-0.05, 0) is 54.3 Å². The SMILES string of the molecule is CC(C)OC(OC(C)C)C(C)(C#N)O[Si](C)(C)C. The van der Waals surface area contributed by atoms with E-state index in [-0.39, 0.29) is 12.2 Å². The zero-order valence-electron chi connectivity index (χ0n) is 12.9. The second-order valence-electron chi connectivity index (χ2n) is 6.13. The Morgan fingerprint density at radius 3 is 1.61 bits per heavy atom. The van der Waals surface area contributed by atoms with Crippen molar-refractivity contribution in [2.24, 2.45) is 0 Å². The number of ether oxygens (including phenoxy) is 2. The van der Waals surface area contributed by atoms with Gasteiger partial charge in [-0.1, -0.05) is 0 Å². The normalized spacial score (nSPS) is 16.1. The van der Waals surface area contributed by atoms with Crippen LogP contribution in [0.1, 0.15) is 34.6 Å². The average molecular weight is 273 g/mol. The molecule has 0 aromatic heterocycles. The maximum atomic E-state index is 9.43. The van der Waals surface area contributed by atoms with Crippen molar-refractivity contribution < 1.29 is 13.9 Å². The minimum absolute atomic E-state index is 0.0216. The summed E-state index contributed by atoms with van der Waals surface area (Å²) < 4.78 is 17.4. The van der Waals surface area contributed by atoms with Crippen molar-refractivity contribution in [3.8, 4) is 6.07 Å². The molecule has 0 aliphatic rings. The summed E-state index contributed by atoms with van der Waals surface area (Å²) in [7, 11) is -1.86. The molecule has 0 fully saturated rings. The summed E-state index contributed by atoms with van der Waals surface area (Å²) >= 11 is 0. The monoisotopic (exact) mass is 273 g/mol. The minimum atomic E-state index is -1.86. The molecule has 0 bridgehead atoms. The van der Waals surface area contributed by atoms with E-state index < -0.39 is 20.2 Å². The van der Waals surface area contributed by atoms with Crippen molar-refractivity contribution in [3.63, 3.8) is 0 Å². The van der Waals surface area contributed by atoms with Crippen molar-refractivity contribution in [1.82, 2.24) is 0 Å². The Bertz CT molecular complexity index is 284. The molecule has 4 nitrogen and oxygen atoms in total. The van der Waals surface area contributed by atoms with Crippen LogP contribution in [0, 0.1) is 11.3 Å². The summed E-state index contributed by atoms with van der Waals surface area (Å²) in [6, 6.07) is 2.21.